The van der Waals surface area contributed by atoms with Crippen molar-refractivity contribution < 1.29 is 4.79 Å². The summed E-state index contributed by atoms with van der Waals surface area (Å²) in [6.07, 6.45) is 4.35. The highest BCUT2D eigenvalue weighted by atomic mass is 35.5. The van der Waals surface area contributed by atoms with Gasteiger partial charge in [0.2, 0.25) is 5.91 Å². The highest BCUT2D eigenvalue weighted by Crippen LogP contribution is 2.28. The number of nitrogens with zero attached hydrogens (tertiary/aromatic N) is 1. The Balaban J connectivity index is 0.00000147. The standard InChI is InChI=1S/C16H22N2O.ClH/c19-16(15-7-4-10-17-15)18-11-8-14(9-12-18)13-5-2-1-3-6-13;/h1-3,5-6,14-15,17H,4,7-12H2;1H/t15-;/m0./s1. The van der Waals surface area contributed by atoms with E-state index in [-0.39, 0.29) is 18.4 Å². The van der Waals surface area contributed by atoms with Crippen molar-refractivity contribution >= 4 is 18.3 Å². The zero-order valence-electron chi connectivity index (χ0n) is 11.8. The van der Waals surface area contributed by atoms with E-state index in [9.17, 15) is 4.79 Å². The number of nitrogens with one attached hydrogen (secondary N) is 1. The van der Waals surface area contributed by atoms with Gasteiger partial charge in [-0.25, -0.2) is 0 Å². The first-order valence-electron chi connectivity index (χ1n) is 7.42. The van der Waals surface area contributed by atoms with E-state index >= 15 is 0 Å². The maximum atomic E-state index is 12.3. The molecule has 4 heteroatoms. The molecule has 1 aromatic carbocycles. The van der Waals surface area contributed by atoms with Gasteiger partial charge in [-0.2, -0.15) is 0 Å². The van der Waals surface area contributed by atoms with E-state index in [0.717, 1.165) is 45.3 Å². The zero-order chi connectivity index (χ0) is 13.1. The Morgan fingerprint density at radius 3 is 2.40 bits per heavy atom. The molecule has 3 rings (SSSR count). The third-order valence-corrected chi connectivity index (χ3v) is 4.44. The van der Waals surface area contributed by atoms with Crippen LogP contribution < -0.4 is 5.32 Å². The molecule has 1 atom stereocenters. The Kier molecular flexibility index (Phi) is 5.44. The van der Waals surface area contributed by atoms with Gasteiger partial charge in [-0.3, -0.25) is 4.79 Å². The number of halogens is 1. The van der Waals surface area contributed by atoms with E-state index < -0.39 is 0 Å². The van der Waals surface area contributed by atoms with Gasteiger partial charge in [0.05, 0.1) is 6.04 Å². The van der Waals surface area contributed by atoms with Crippen molar-refractivity contribution in [2.75, 3.05) is 19.6 Å². The lowest BCUT2D eigenvalue weighted by atomic mass is 9.89. The Hall–Kier alpha value is -1.06. The van der Waals surface area contributed by atoms with E-state index in [1.807, 2.05) is 0 Å². The van der Waals surface area contributed by atoms with Crippen LogP contribution in [0.3, 0.4) is 0 Å². The van der Waals surface area contributed by atoms with Gasteiger partial charge < -0.3 is 10.2 Å². The Morgan fingerprint density at radius 2 is 1.80 bits per heavy atom. The van der Waals surface area contributed by atoms with Crippen molar-refractivity contribution in [2.24, 2.45) is 0 Å². The summed E-state index contributed by atoms with van der Waals surface area (Å²) >= 11 is 0. The summed E-state index contributed by atoms with van der Waals surface area (Å²) in [7, 11) is 0. The zero-order valence-corrected chi connectivity index (χ0v) is 12.6. The second-order valence-corrected chi connectivity index (χ2v) is 5.66. The van der Waals surface area contributed by atoms with Crippen molar-refractivity contribution in [3.05, 3.63) is 35.9 Å². The molecule has 2 aliphatic heterocycles. The highest BCUT2D eigenvalue weighted by Gasteiger charge is 2.29. The number of likely N-dealkylation sites (tertiary alicyclic amines) is 1. The summed E-state index contributed by atoms with van der Waals surface area (Å²) in [5.41, 5.74) is 1.42. The normalized spacial score (nSPS) is 23.4. The van der Waals surface area contributed by atoms with Crippen LogP contribution in [-0.2, 0) is 4.79 Å². The number of carbonyl (C=O) groups excluding carboxylic acids is 1. The number of rotatable bonds is 2. The lowest BCUT2D eigenvalue weighted by Crippen LogP contribution is -2.46. The number of benzene rings is 1. The number of hydrogen-bond acceptors (Lipinski definition) is 2. The van der Waals surface area contributed by atoms with Gasteiger partial charge >= 0.3 is 0 Å². The number of amides is 1. The first-order valence-corrected chi connectivity index (χ1v) is 7.42. The van der Waals surface area contributed by atoms with Crippen LogP contribution in [0.15, 0.2) is 30.3 Å². The monoisotopic (exact) mass is 294 g/mol. The molecule has 2 saturated heterocycles. The van der Waals surface area contributed by atoms with Crippen molar-refractivity contribution in [3.63, 3.8) is 0 Å². The van der Waals surface area contributed by atoms with Gasteiger partial charge in [-0.05, 0) is 43.7 Å². The minimum absolute atomic E-state index is 0. The van der Waals surface area contributed by atoms with Crippen LogP contribution in [-0.4, -0.2) is 36.5 Å². The minimum Gasteiger partial charge on any atom is -0.341 e. The fourth-order valence-corrected chi connectivity index (χ4v) is 3.27. The van der Waals surface area contributed by atoms with E-state index in [1.54, 1.807) is 0 Å². The SMILES string of the molecule is Cl.O=C([C@@H]1CCCN1)N1CCC(c2ccccc2)CC1. The Morgan fingerprint density at radius 1 is 1.10 bits per heavy atom. The number of carbonyl (C=O) groups is 1. The number of hydrogen-bond donors (Lipinski definition) is 1. The molecule has 0 aliphatic carbocycles. The van der Waals surface area contributed by atoms with E-state index in [2.05, 4.69) is 40.5 Å². The fourth-order valence-electron chi connectivity index (χ4n) is 3.27. The van der Waals surface area contributed by atoms with Crippen LogP contribution in [0.4, 0.5) is 0 Å². The molecular weight excluding hydrogens is 272 g/mol. The average molecular weight is 295 g/mol. The van der Waals surface area contributed by atoms with Crippen molar-refractivity contribution in [3.8, 4) is 0 Å². The van der Waals surface area contributed by atoms with Gasteiger partial charge in [0.1, 0.15) is 0 Å². The fraction of sp³-hybridized carbons (Fsp3) is 0.562. The molecule has 20 heavy (non-hydrogen) atoms. The first-order chi connectivity index (χ1) is 9.34. The van der Waals surface area contributed by atoms with Gasteiger partial charge in [0.15, 0.2) is 0 Å². The van der Waals surface area contributed by atoms with Gasteiger partial charge in [-0.1, -0.05) is 30.3 Å². The van der Waals surface area contributed by atoms with Gasteiger partial charge in [-0.15, -0.1) is 12.4 Å². The minimum atomic E-state index is 0. The topological polar surface area (TPSA) is 32.3 Å². The number of piperidine rings is 1. The molecule has 3 nitrogen and oxygen atoms in total. The third kappa shape index (κ3) is 3.33. The second kappa shape index (κ2) is 7.09. The van der Waals surface area contributed by atoms with Crippen LogP contribution in [0.1, 0.15) is 37.2 Å². The molecule has 1 amide bonds. The predicted molar refractivity (Wildman–Crippen MR) is 83.3 cm³/mol. The molecule has 2 fully saturated rings. The molecule has 110 valence electrons. The summed E-state index contributed by atoms with van der Waals surface area (Å²) in [5.74, 6) is 0.950. The molecule has 0 aromatic heterocycles. The lowest BCUT2D eigenvalue weighted by molar-refractivity contribution is -0.134. The molecule has 0 radical (unpaired) electrons. The third-order valence-electron chi connectivity index (χ3n) is 4.44. The lowest BCUT2D eigenvalue weighted by Gasteiger charge is -2.33. The van der Waals surface area contributed by atoms with E-state index in [1.165, 1.54) is 5.56 Å². The Bertz CT molecular complexity index is 423. The van der Waals surface area contributed by atoms with Crippen molar-refractivity contribution in [1.82, 2.24) is 10.2 Å². The maximum Gasteiger partial charge on any atom is 0.239 e. The Labute approximate surface area is 127 Å². The van der Waals surface area contributed by atoms with Crippen molar-refractivity contribution in [1.29, 1.82) is 0 Å². The summed E-state index contributed by atoms with van der Waals surface area (Å²) in [6.45, 7) is 2.82. The predicted octanol–water partition coefficient (Wildman–Crippen LogP) is 2.57. The molecular formula is C16H23ClN2O. The smallest absolute Gasteiger partial charge is 0.239 e. The summed E-state index contributed by atoms with van der Waals surface area (Å²) < 4.78 is 0. The largest absolute Gasteiger partial charge is 0.341 e. The van der Waals surface area contributed by atoms with Crippen LogP contribution in [0, 0.1) is 0 Å². The quantitative estimate of drug-likeness (QED) is 0.909. The molecule has 2 aliphatic rings. The average Bonchev–Trinajstić information content (AvgIpc) is 3.02. The van der Waals surface area contributed by atoms with Crippen LogP contribution in [0.25, 0.3) is 0 Å². The highest BCUT2D eigenvalue weighted by molar-refractivity contribution is 5.85. The van der Waals surface area contributed by atoms with E-state index in [4.69, 9.17) is 0 Å². The van der Waals surface area contributed by atoms with Gasteiger partial charge in [0.25, 0.3) is 0 Å². The van der Waals surface area contributed by atoms with Gasteiger partial charge in [0, 0.05) is 13.1 Å². The molecule has 0 spiro atoms. The maximum absolute atomic E-state index is 12.3. The molecule has 1 N–H and O–H groups in total. The molecule has 0 bridgehead atoms. The molecule has 2 heterocycles. The molecule has 0 saturated carbocycles. The molecule has 1 aromatic rings. The van der Waals surface area contributed by atoms with E-state index in [0.29, 0.717) is 11.8 Å². The first kappa shape index (κ1) is 15.3. The summed E-state index contributed by atoms with van der Waals surface area (Å²) in [5, 5.41) is 3.31. The van der Waals surface area contributed by atoms with Crippen LogP contribution in [0.5, 0.6) is 0 Å². The van der Waals surface area contributed by atoms with Crippen LogP contribution >= 0.6 is 12.4 Å². The summed E-state index contributed by atoms with van der Waals surface area (Å²) in [4.78, 5) is 14.4. The van der Waals surface area contributed by atoms with Crippen LogP contribution in [0.2, 0.25) is 0 Å². The van der Waals surface area contributed by atoms with Crippen molar-refractivity contribution in [2.45, 2.75) is 37.6 Å². The summed E-state index contributed by atoms with van der Waals surface area (Å²) in [6, 6.07) is 10.8. The second-order valence-electron chi connectivity index (χ2n) is 5.66. The molecule has 0 unspecified atom stereocenters.